The van der Waals surface area contributed by atoms with Crippen LogP contribution in [0.5, 0.6) is 5.75 Å². The topological polar surface area (TPSA) is 73.5 Å². The van der Waals surface area contributed by atoms with Gasteiger partial charge in [-0.1, -0.05) is 12.1 Å². The summed E-state index contributed by atoms with van der Waals surface area (Å²) in [5, 5.41) is 2.84. The molecule has 0 fully saturated rings. The van der Waals surface area contributed by atoms with E-state index in [1.165, 1.54) is 4.57 Å². The number of methoxy groups -OCH3 is 1. The number of nitrogens with one attached hydrogen (secondary N) is 1. The highest BCUT2D eigenvalue weighted by molar-refractivity contribution is 6.06. The molecule has 25 heavy (non-hydrogen) atoms. The zero-order valence-corrected chi connectivity index (χ0v) is 14.0. The number of nitrogens with zero attached hydrogens (tertiary/aromatic N) is 1. The summed E-state index contributed by atoms with van der Waals surface area (Å²) in [7, 11) is 1.55. The van der Waals surface area contributed by atoms with Crippen LogP contribution in [-0.4, -0.2) is 17.6 Å². The molecule has 0 atom stereocenters. The van der Waals surface area contributed by atoms with Gasteiger partial charge in [-0.05, 0) is 42.8 Å². The predicted molar refractivity (Wildman–Crippen MR) is 96.4 cm³/mol. The van der Waals surface area contributed by atoms with E-state index in [0.717, 1.165) is 5.56 Å². The summed E-state index contributed by atoms with van der Waals surface area (Å²) in [6.45, 7) is 5.87. The average molecular weight is 338 g/mol. The van der Waals surface area contributed by atoms with Crippen molar-refractivity contribution in [3.05, 3.63) is 70.7 Å². The molecular formula is C19H18N2O4. The summed E-state index contributed by atoms with van der Waals surface area (Å²) < 4.78 is 11.9. The number of ether oxygens (including phenoxy) is 1. The Bertz CT molecular complexity index is 1010. The number of aromatic nitrogens is 1. The smallest absolute Gasteiger partial charge is 0.420 e. The molecule has 0 unspecified atom stereocenters. The number of allylic oxidation sites excluding steroid dienone is 1. The first kappa shape index (κ1) is 16.6. The maximum Gasteiger partial charge on any atom is 0.420 e. The Labute approximate surface area is 144 Å². The van der Waals surface area contributed by atoms with Crippen molar-refractivity contribution in [3.8, 4) is 5.75 Å². The number of hydrogen-bond acceptors (Lipinski definition) is 4. The van der Waals surface area contributed by atoms with Gasteiger partial charge in [0.25, 0.3) is 5.91 Å². The van der Waals surface area contributed by atoms with Crippen LogP contribution in [0.15, 0.2) is 58.3 Å². The Kier molecular flexibility index (Phi) is 4.43. The molecule has 3 rings (SSSR count). The van der Waals surface area contributed by atoms with Gasteiger partial charge in [0, 0.05) is 12.1 Å². The molecule has 1 aromatic heterocycles. The van der Waals surface area contributed by atoms with Crippen molar-refractivity contribution in [3.63, 3.8) is 0 Å². The lowest BCUT2D eigenvalue weighted by atomic mass is 10.1. The van der Waals surface area contributed by atoms with E-state index in [1.807, 2.05) is 19.1 Å². The summed E-state index contributed by atoms with van der Waals surface area (Å²) in [5.74, 6) is -0.204. The van der Waals surface area contributed by atoms with E-state index in [0.29, 0.717) is 34.6 Å². The van der Waals surface area contributed by atoms with Crippen LogP contribution >= 0.6 is 0 Å². The van der Waals surface area contributed by atoms with Gasteiger partial charge < -0.3 is 14.5 Å². The van der Waals surface area contributed by atoms with Crippen molar-refractivity contribution in [2.24, 2.45) is 0 Å². The number of amides is 1. The minimum Gasteiger partial charge on any atom is -0.495 e. The Morgan fingerprint density at radius 2 is 2.12 bits per heavy atom. The zero-order valence-electron chi connectivity index (χ0n) is 14.0. The molecule has 0 aliphatic heterocycles. The maximum absolute atomic E-state index is 12.6. The van der Waals surface area contributed by atoms with Crippen molar-refractivity contribution < 1.29 is 13.9 Å². The Hall–Kier alpha value is -3.28. The first-order valence-electron chi connectivity index (χ1n) is 7.73. The van der Waals surface area contributed by atoms with E-state index in [-0.39, 0.29) is 5.91 Å². The highest BCUT2D eigenvalue weighted by Crippen LogP contribution is 2.26. The zero-order chi connectivity index (χ0) is 18.0. The first-order valence-corrected chi connectivity index (χ1v) is 7.73. The van der Waals surface area contributed by atoms with E-state index in [9.17, 15) is 9.59 Å². The molecular weight excluding hydrogens is 320 g/mol. The second-order valence-corrected chi connectivity index (χ2v) is 5.61. The van der Waals surface area contributed by atoms with E-state index >= 15 is 0 Å². The van der Waals surface area contributed by atoms with Crippen molar-refractivity contribution in [2.45, 2.75) is 13.5 Å². The standard InChI is InChI=1S/C19H18N2O4/c1-4-9-21-15-11-13(6-8-17(15)25-19(21)23)18(22)20-14-10-12(2)5-7-16(14)24-3/h4-8,10-11H,1,9H2,2-3H3,(H,20,22). The molecule has 6 heteroatoms. The molecule has 0 radical (unpaired) electrons. The average Bonchev–Trinajstić information content (AvgIpc) is 2.90. The number of hydrogen-bond donors (Lipinski definition) is 1. The number of aryl methyl sites for hydroxylation is 1. The minimum atomic E-state index is -0.479. The van der Waals surface area contributed by atoms with Gasteiger partial charge in [-0.3, -0.25) is 9.36 Å². The summed E-state index contributed by atoms with van der Waals surface area (Å²) in [5.41, 5.74) is 2.98. The summed E-state index contributed by atoms with van der Waals surface area (Å²) in [6, 6.07) is 10.4. The molecule has 0 saturated carbocycles. The van der Waals surface area contributed by atoms with Crippen LogP contribution < -0.4 is 15.8 Å². The van der Waals surface area contributed by atoms with Gasteiger partial charge in [0.2, 0.25) is 0 Å². The van der Waals surface area contributed by atoms with Gasteiger partial charge in [0.15, 0.2) is 5.58 Å². The normalized spacial score (nSPS) is 10.6. The predicted octanol–water partition coefficient (Wildman–Crippen LogP) is 3.35. The molecule has 1 amide bonds. The van der Waals surface area contributed by atoms with Gasteiger partial charge in [0.1, 0.15) is 5.75 Å². The molecule has 6 nitrogen and oxygen atoms in total. The molecule has 1 heterocycles. The highest BCUT2D eigenvalue weighted by Gasteiger charge is 2.14. The molecule has 0 aliphatic rings. The number of oxazole rings is 1. The van der Waals surface area contributed by atoms with Crippen molar-refractivity contribution in [2.75, 3.05) is 12.4 Å². The van der Waals surface area contributed by atoms with Crippen LogP contribution in [0.3, 0.4) is 0 Å². The third kappa shape index (κ3) is 3.19. The van der Waals surface area contributed by atoms with Gasteiger partial charge >= 0.3 is 5.76 Å². The quantitative estimate of drug-likeness (QED) is 0.724. The number of carbonyl (C=O) groups excluding carboxylic acids is 1. The van der Waals surface area contributed by atoms with Crippen molar-refractivity contribution in [1.82, 2.24) is 4.57 Å². The van der Waals surface area contributed by atoms with E-state index in [1.54, 1.807) is 37.5 Å². The van der Waals surface area contributed by atoms with Crippen LogP contribution in [0.25, 0.3) is 11.1 Å². The molecule has 0 saturated heterocycles. The maximum atomic E-state index is 12.6. The summed E-state index contributed by atoms with van der Waals surface area (Å²) in [6.07, 6.45) is 1.60. The van der Waals surface area contributed by atoms with E-state index in [2.05, 4.69) is 11.9 Å². The fourth-order valence-electron chi connectivity index (χ4n) is 2.62. The Balaban J connectivity index is 1.97. The largest absolute Gasteiger partial charge is 0.495 e. The third-order valence-electron chi connectivity index (χ3n) is 3.84. The monoisotopic (exact) mass is 338 g/mol. The number of carbonyl (C=O) groups is 1. The number of fused-ring (bicyclic) bond motifs is 1. The Morgan fingerprint density at radius 1 is 1.32 bits per heavy atom. The van der Waals surface area contributed by atoms with E-state index in [4.69, 9.17) is 9.15 Å². The summed E-state index contributed by atoms with van der Waals surface area (Å²) in [4.78, 5) is 24.5. The Morgan fingerprint density at radius 3 is 2.84 bits per heavy atom. The van der Waals surface area contributed by atoms with Gasteiger partial charge in [-0.25, -0.2) is 4.79 Å². The molecule has 1 N–H and O–H groups in total. The number of anilines is 1. The van der Waals surface area contributed by atoms with Crippen LogP contribution in [0.2, 0.25) is 0 Å². The number of benzene rings is 2. The van der Waals surface area contributed by atoms with Crippen LogP contribution in [-0.2, 0) is 6.54 Å². The lowest BCUT2D eigenvalue weighted by Crippen LogP contribution is -2.14. The summed E-state index contributed by atoms with van der Waals surface area (Å²) >= 11 is 0. The van der Waals surface area contributed by atoms with Crippen molar-refractivity contribution >= 4 is 22.7 Å². The molecule has 0 bridgehead atoms. The fraction of sp³-hybridized carbons (Fsp3) is 0.158. The van der Waals surface area contributed by atoms with Gasteiger partial charge in [-0.15, -0.1) is 6.58 Å². The second kappa shape index (κ2) is 6.68. The van der Waals surface area contributed by atoms with Crippen molar-refractivity contribution in [1.29, 1.82) is 0 Å². The molecule has 3 aromatic rings. The lowest BCUT2D eigenvalue weighted by molar-refractivity contribution is 0.102. The molecule has 0 aliphatic carbocycles. The van der Waals surface area contributed by atoms with Gasteiger partial charge in [0.05, 0.1) is 18.3 Å². The first-order chi connectivity index (χ1) is 12.0. The highest BCUT2D eigenvalue weighted by atomic mass is 16.5. The van der Waals surface area contributed by atoms with Crippen LogP contribution in [0.1, 0.15) is 15.9 Å². The molecule has 128 valence electrons. The molecule has 2 aromatic carbocycles. The SMILES string of the molecule is C=CCn1c(=O)oc2ccc(C(=O)Nc3cc(C)ccc3OC)cc21. The third-order valence-corrected chi connectivity index (χ3v) is 3.84. The minimum absolute atomic E-state index is 0.301. The second-order valence-electron chi connectivity index (χ2n) is 5.61. The molecule has 0 spiro atoms. The van der Waals surface area contributed by atoms with Crippen LogP contribution in [0, 0.1) is 6.92 Å². The fourth-order valence-corrected chi connectivity index (χ4v) is 2.62. The van der Waals surface area contributed by atoms with Crippen LogP contribution in [0.4, 0.5) is 5.69 Å². The lowest BCUT2D eigenvalue weighted by Gasteiger charge is -2.11. The van der Waals surface area contributed by atoms with Gasteiger partial charge in [-0.2, -0.15) is 0 Å². The van der Waals surface area contributed by atoms with E-state index < -0.39 is 5.76 Å². The number of rotatable bonds is 5.